The molecule has 2 aromatic rings. The summed E-state index contributed by atoms with van der Waals surface area (Å²) in [5, 5.41) is 1.09. The first-order valence-electron chi connectivity index (χ1n) is 9.89. The molecule has 0 aliphatic heterocycles. The summed E-state index contributed by atoms with van der Waals surface area (Å²) < 4.78 is 11.5. The summed E-state index contributed by atoms with van der Waals surface area (Å²) in [6.45, 7) is 7.69. The number of ether oxygens (including phenoxy) is 2. The van der Waals surface area contributed by atoms with Gasteiger partial charge in [0.05, 0.1) is 23.3 Å². The Bertz CT molecular complexity index is 740. The van der Waals surface area contributed by atoms with Crippen LogP contribution in [0.1, 0.15) is 44.7 Å². The second-order valence-electron chi connectivity index (χ2n) is 7.21. The standard InChI is InChI=1S/C23H29Cl3O2S/c1-4-29-14-6-13-28-22-20(25)15-18(16-21(22)26)23(2,3)17-7-9-19(10-8-17)27-12-5-11-24/h7-10,15-16H,4-6,11-14H2,1-3H3. The first-order chi connectivity index (χ1) is 13.9. The van der Waals surface area contributed by atoms with Crippen molar-refractivity contribution in [3.05, 3.63) is 57.6 Å². The van der Waals surface area contributed by atoms with Crippen molar-refractivity contribution in [2.45, 2.75) is 39.0 Å². The Morgan fingerprint density at radius 3 is 2.10 bits per heavy atom. The van der Waals surface area contributed by atoms with Crippen LogP contribution in [0.5, 0.6) is 11.5 Å². The summed E-state index contributed by atoms with van der Waals surface area (Å²) >= 11 is 20.6. The molecule has 0 spiro atoms. The fraction of sp³-hybridized carbons (Fsp3) is 0.478. The molecular weight excluding hydrogens is 447 g/mol. The van der Waals surface area contributed by atoms with Gasteiger partial charge in [0.1, 0.15) is 5.75 Å². The van der Waals surface area contributed by atoms with E-state index in [1.54, 1.807) is 0 Å². The quantitative estimate of drug-likeness (QED) is 0.230. The van der Waals surface area contributed by atoms with Gasteiger partial charge in [-0.1, -0.05) is 56.1 Å². The van der Waals surface area contributed by atoms with E-state index >= 15 is 0 Å². The zero-order chi connectivity index (χ0) is 21.3. The highest BCUT2D eigenvalue weighted by Gasteiger charge is 2.25. The van der Waals surface area contributed by atoms with Crippen molar-refractivity contribution in [2.24, 2.45) is 0 Å². The monoisotopic (exact) mass is 474 g/mol. The summed E-state index contributed by atoms with van der Waals surface area (Å²) in [6, 6.07) is 12.0. The SMILES string of the molecule is CCSCCCOc1c(Cl)cc(C(C)(C)c2ccc(OCCCCl)cc2)cc1Cl. The van der Waals surface area contributed by atoms with Crippen LogP contribution in [0.3, 0.4) is 0 Å². The molecule has 0 atom stereocenters. The third-order valence-electron chi connectivity index (χ3n) is 4.73. The molecule has 0 unspecified atom stereocenters. The van der Waals surface area contributed by atoms with Gasteiger partial charge < -0.3 is 9.47 Å². The molecule has 0 aliphatic carbocycles. The Morgan fingerprint density at radius 2 is 1.52 bits per heavy atom. The van der Waals surface area contributed by atoms with Gasteiger partial charge >= 0.3 is 0 Å². The molecule has 160 valence electrons. The lowest BCUT2D eigenvalue weighted by Gasteiger charge is -2.27. The minimum Gasteiger partial charge on any atom is -0.494 e. The van der Waals surface area contributed by atoms with Crippen LogP contribution in [0.15, 0.2) is 36.4 Å². The van der Waals surface area contributed by atoms with Crippen molar-refractivity contribution < 1.29 is 9.47 Å². The van der Waals surface area contributed by atoms with Gasteiger partial charge in [0.15, 0.2) is 5.75 Å². The average molecular weight is 476 g/mol. The number of thioether (sulfide) groups is 1. The molecule has 2 rings (SSSR count). The predicted octanol–water partition coefficient (Wildman–Crippen LogP) is 7.85. The largest absolute Gasteiger partial charge is 0.494 e. The molecular formula is C23H29Cl3O2S. The topological polar surface area (TPSA) is 18.5 Å². The number of alkyl halides is 1. The molecule has 0 fully saturated rings. The minimum atomic E-state index is -0.266. The van der Waals surface area contributed by atoms with E-state index in [4.69, 9.17) is 44.3 Å². The van der Waals surface area contributed by atoms with Gasteiger partial charge in [-0.25, -0.2) is 0 Å². The van der Waals surface area contributed by atoms with Crippen molar-refractivity contribution >= 4 is 46.6 Å². The fourth-order valence-corrected chi connectivity index (χ4v) is 4.23. The number of benzene rings is 2. The summed E-state index contributed by atoms with van der Waals surface area (Å²) in [7, 11) is 0. The molecule has 0 aliphatic rings. The summed E-state index contributed by atoms with van der Waals surface area (Å²) in [6.07, 6.45) is 1.80. The second kappa shape index (κ2) is 12.2. The van der Waals surface area contributed by atoms with Crippen LogP contribution in [0.4, 0.5) is 0 Å². The van der Waals surface area contributed by atoms with E-state index in [2.05, 4.69) is 32.9 Å². The van der Waals surface area contributed by atoms with Gasteiger partial charge in [-0.3, -0.25) is 0 Å². The van der Waals surface area contributed by atoms with E-state index < -0.39 is 0 Å². The highest BCUT2D eigenvalue weighted by atomic mass is 35.5. The van der Waals surface area contributed by atoms with Crippen molar-refractivity contribution in [1.29, 1.82) is 0 Å². The molecule has 0 amide bonds. The van der Waals surface area contributed by atoms with Crippen LogP contribution >= 0.6 is 46.6 Å². The number of rotatable bonds is 12. The van der Waals surface area contributed by atoms with Crippen LogP contribution in [0, 0.1) is 0 Å². The van der Waals surface area contributed by atoms with Gasteiger partial charge in [-0.2, -0.15) is 11.8 Å². The zero-order valence-electron chi connectivity index (χ0n) is 17.3. The minimum absolute atomic E-state index is 0.266. The summed E-state index contributed by atoms with van der Waals surface area (Å²) in [5.41, 5.74) is 1.93. The number of hydrogen-bond acceptors (Lipinski definition) is 3. The third kappa shape index (κ3) is 7.17. The van der Waals surface area contributed by atoms with Crippen LogP contribution in [0.2, 0.25) is 10.0 Å². The summed E-state index contributed by atoms with van der Waals surface area (Å²) in [5.74, 6) is 4.20. The van der Waals surface area contributed by atoms with E-state index in [1.165, 1.54) is 0 Å². The maximum Gasteiger partial charge on any atom is 0.156 e. The van der Waals surface area contributed by atoms with Gasteiger partial charge in [-0.05, 0) is 59.7 Å². The third-order valence-corrected chi connectivity index (χ3v) is 6.54. The number of halogens is 3. The van der Waals surface area contributed by atoms with Gasteiger partial charge in [0.2, 0.25) is 0 Å². The first-order valence-corrected chi connectivity index (χ1v) is 12.3. The van der Waals surface area contributed by atoms with Crippen molar-refractivity contribution in [3.8, 4) is 11.5 Å². The normalized spacial score (nSPS) is 11.5. The lowest BCUT2D eigenvalue weighted by atomic mass is 9.78. The fourth-order valence-electron chi connectivity index (χ4n) is 2.92. The van der Waals surface area contributed by atoms with E-state index in [9.17, 15) is 0 Å². The van der Waals surface area contributed by atoms with Crippen molar-refractivity contribution in [2.75, 3.05) is 30.6 Å². The lowest BCUT2D eigenvalue weighted by molar-refractivity contribution is 0.318. The van der Waals surface area contributed by atoms with E-state index in [0.29, 0.717) is 34.9 Å². The molecule has 0 radical (unpaired) electrons. The predicted molar refractivity (Wildman–Crippen MR) is 129 cm³/mol. The molecule has 6 heteroatoms. The molecule has 0 saturated carbocycles. The maximum absolute atomic E-state index is 6.52. The van der Waals surface area contributed by atoms with Crippen LogP contribution in [-0.4, -0.2) is 30.6 Å². The Morgan fingerprint density at radius 1 is 0.897 bits per heavy atom. The maximum atomic E-state index is 6.52. The molecule has 2 nitrogen and oxygen atoms in total. The Balaban J connectivity index is 2.11. The Labute approximate surface area is 194 Å². The van der Waals surface area contributed by atoms with Crippen LogP contribution in [0.25, 0.3) is 0 Å². The summed E-state index contributed by atoms with van der Waals surface area (Å²) in [4.78, 5) is 0. The van der Waals surface area contributed by atoms with E-state index in [0.717, 1.165) is 41.2 Å². The Kier molecular flexibility index (Phi) is 10.3. The zero-order valence-corrected chi connectivity index (χ0v) is 20.4. The van der Waals surface area contributed by atoms with E-state index in [1.807, 2.05) is 36.0 Å². The van der Waals surface area contributed by atoms with Gasteiger partial charge in [0, 0.05) is 11.3 Å². The highest BCUT2D eigenvalue weighted by Crippen LogP contribution is 2.40. The van der Waals surface area contributed by atoms with Gasteiger partial charge in [0.25, 0.3) is 0 Å². The molecule has 2 aromatic carbocycles. The van der Waals surface area contributed by atoms with Crippen molar-refractivity contribution in [1.82, 2.24) is 0 Å². The van der Waals surface area contributed by atoms with Crippen LogP contribution < -0.4 is 9.47 Å². The molecule has 0 bridgehead atoms. The second-order valence-corrected chi connectivity index (χ2v) is 9.79. The molecule has 0 aromatic heterocycles. The smallest absolute Gasteiger partial charge is 0.156 e. The van der Waals surface area contributed by atoms with Gasteiger partial charge in [-0.15, -0.1) is 11.6 Å². The van der Waals surface area contributed by atoms with Crippen LogP contribution in [-0.2, 0) is 5.41 Å². The lowest BCUT2D eigenvalue weighted by Crippen LogP contribution is -2.19. The average Bonchev–Trinajstić information content (AvgIpc) is 2.70. The number of hydrogen-bond donors (Lipinski definition) is 0. The van der Waals surface area contributed by atoms with Crippen molar-refractivity contribution in [3.63, 3.8) is 0 Å². The van der Waals surface area contributed by atoms with E-state index in [-0.39, 0.29) is 5.41 Å². The highest BCUT2D eigenvalue weighted by molar-refractivity contribution is 7.99. The Hall–Kier alpha value is -0.740. The molecule has 29 heavy (non-hydrogen) atoms. The molecule has 0 saturated heterocycles. The molecule has 0 heterocycles. The first kappa shape index (κ1) is 24.5. The molecule has 0 N–H and O–H groups in total.